The first-order valence-electron chi connectivity index (χ1n) is 7.33. The van der Waals surface area contributed by atoms with Crippen LogP contribution >= 0.6 is 0 Å². The van der Waals surface area contributed by atoms with Crippen molar-refractivity contribution in [1.82, 2.24) is 15.1 Å². The normalized spacial score (nSPS) is 27.2. The number of aryl methyl sites for hydroxylation is 2. The van der Waals surface area contributed by atoms with Crippen LogP contribution in [0.1, 0.15) is 45.1 Å². The first kappa shape index (κ1) is 14.1. The van der Waals surface area contributed by atoms with E-state index >= 15 is 0 Å². The van der Waals surface area contributed by atoms with E-state index in [9.17, 15) is 4.79 Å². The van der Waals surface area contributed by atoms with Gasteiger partial charge in [0.2, 0.25) is 5.91 Å². The number of carbonyl (C=O) groups is 1. The maximum atomic E-state index is 12.0. The van der Waals surface area contributed by atoms with E-state index in [1.807, 2.05) is 19.4 Å². The number of aromatic nitrogens is 2. The zero-order valence-electron chi connectivity index (χ0n) is 12.2. The van der Waals surface area contributed by atoms with Crippen molar-refractivity contribution in [2.45, 2.75) is 52.0 Å². The predicted molar refractivity (Wildman–Crippen MR) is 75.6 cm³/mol. The summed E-state index contributed by atoms with van der Waals surface area (Å²) in [5, 5.41) is 7.35. The predicted octanol–water partition coefficient (Wildman–Crippen LogP) is 2.29. The van der Waals surface area contributed by atoms with Gasteiger partial charge >= 0.3 is 0 Å². The Bertz CT molecular complexity index is 417. The van der Waals surface area contributed by atoms with Gasteiger partial charge in [0, 0.05) is 25.7 Å². The zero-order chi connectivity index (χ0) is 13.8. The van der Waals surface area contributed by atoms with Gasteiger partial charge in [0.05, 0.1) is 6.20 Å². The van der Waals surface area contributed by atoms with Crippen molar-refractivity contribution >= 4 is 5.91 Å². The van der Waals surface area contributed by atoms with Crippen LogP contribution in [0.5, 0.6) is 0 Å². The molecule has 1 aromatic heterocycles. The number of nitrogens with one attached hydrogen (secondary N) is 1. The molecule has 2 rings (SSSR count). The van der Waals surface area contributed by atoms with E-state index in [0.717, 1.165) is 12.0 Å². The van der Waals surface area contributed by atoms with Crippen LogP contribution in [0, 0.1) is 11.8 Å². The Kier molecular flexibility index (Phi) is 4.61. The summed E-state index contributed by atoms with van der Waals surface area (Å²) >= 11 is 0. The SMILES string of the molecule is CC1CCCC(C)C1NC(=O)CCc1cnn(C)c1. The van der Waals surface area contributed by atoms with Crippen LogP contribution in [0.2, 0.25) is 0 Å². The lowest BCUT2D eigenvalue weighted by atomic mass is 9.78. The highest BCUT2D eigenvalue weighted by atomic mass is 16.1. The Hall–Kier alpha value is -1.32. The summed E-state index contributed by atoms with van der Waals surface area (Å²) in [6, 6.07) is 0.357. The van der Waals surface area contributed by atoms with E-state index in [0.29, 0.717) is 24.3 Å². The fraction of sp³-hybridized carbons (Fsp3) is 0.733. The standard InChI is InChI=1S/C15H25N3O/c1-11-5-4-6-12(2)15(11)17-14(19)8-7-13-9-16-18(3)10-13/h9-12,15H,4-8H2,1-3H3,(H,17,19). The van der Waals surface area contributed by atoms with Crippen LogP contribution in [0.3, 0.4) is 0 Å². The van der Waals surface area contributed by atoms with Crippen LogP contribution in [-0.4, -0.2) is 21.7 Å². The van der Waals surface area contributed by atoms with Gasteiger partial charge in [-0.05, 0) is 36.7 Å². The van der Waals surface area contributed by atoms with Crippen molar-refractivity contribution in [3.8, 4) is 0 Å². The van der Waals surface area contributed by atoms with E-state index in [-0.39, 0.29) is 5.91 Å². The highest BCUT2D eigenvalue weighted by Gasteiger charge is 2.28. The number of amides is 1. The molecule has 0 aromatic carbocycles. The highest BCUT2D eigenvalue weighted by Crippen LogP contribution is 2.28. The van der Waals surface area contributed by atoms with Gasteiger partial charge in [-0.3, -0.25) is 9.48 Å². The number of hydrogen-bond acceptors (Lipinski definition) is 2. The summed E-state index contributed by atoms with van der Waals surface area (Å²) in [6.45, 7) is 4.50. The molecule has 4 heteroatoms. The lowest BCUT2D eigenvalue weighted by Gasteiger charge is -2.35. The molecule has 0 bridgehead atoms. The molecule has 0 radical (unpaired) electrons. The maximum Gasteiger partial charge on any atom is 0.220 e. The Morgan fingerprint density at radius 2 is 2.11 bits per heavy atom. The first-order valence-corrected chi connectivity index (χ1v) is 7.33. The first-order chi connectivity index (χ1) is 9.06. The minimum absolute atomic E-state index is 0.175. The third-order valence-electron chi connectivity index (χ3n) is 4.27. The van der Waals surface area contributed by atoms with Crippen LogP contribution in [-0.2, 0) is 18.3 Å². The molecule has 4 nitrogen and oxygen atoms in total. The molecule has 1 N–H and O–H groups in total. The van der Waals surface area contributed by atoms with Gasteiger partial charge in [-0.2, -0.15) is 5.10 Å². The molecule has 1 fully saturated rings. The van der Waals surface area contributed by atoms with Gasteiger partial charge in [-0.25, -0.2) is 0 Å². The molecule has 1 aliphatic carbocycles. The van der Waals surface area contributed by atoms with E-state index in [1.165, 1.54) is 19.3 Å². The molecule has 0 aliphatic heterocycles. The number of rotatable bonds is 4. The zero-order valence-corrected chi connectivity index (χ0v) is 12.2. The molecule has 1 aliphatic rings. The number of nitrogens with zero attached hydrogens (tertiary/aromatic N) is 2. The minimum Gasteiger partial charge on any atom is -0.353 e. The number of hydrogen-bond donors (Lipinski definition) is 1. The third-order valence-corrected chi connectivity index (χ3v) is 4.27. The van der Waals surface area contributed by atoms with Crippen molar-refractivity contribution in [2.75, 3.05) is 0 Å². The van der Waals surface area contributed by atoms with Crippen LogP contribution in [0.25, 0.3) is 0 Å². The second kappa shape index (κ2) is 6.22. The Labute approximate surface area is 115 Å². The molecule has 19 heavy (non-hydrogen) atoms. The van der Waals surface area contributed by atoms with Gasteiger partial charge in [-0.1, -0.05) is 20.3 Å². The van der Waals surface area contributed by atoms with Crippen LogP contribution < -0.4 is 5.32 Å². The molecule has 1 amide bonds. The molecule has 0 saturated heterocycles. The average Bonchev–Trinajstić information content (AvgIpc) is 2.77. The Balaban J connectivity index is 1.80. The third kappa shape index (κ3) is 3.82. The quantitative estimate of drug-likeness (QED) is 0.906. The summed E-state index contributed by atoms with van der Waals surface area (Å²) in [6.07, 6.45) is 8.90. The van der Waals surface area contributed by atoms with Gasteiger partial charge in [0.15, 0.2) is 0 Å². The molecule has 1 heterocycles. The molecule has 106 valence electrons. The topological polar surface area (TPSA) is 46.9 Å². The van der Waals surface area contributed by atoms with Crippen LogP contribution in [0.4, 0.5) is 0 Å². The summed E-state index contributed by atoms with van der Waals surface area (Å²) in [7, 11) is 1.90. The van der Waals surface area contributed by atoms with Crippen molar-refractivity contribution < 1.29 is 4.79 Å². The van der Waals surface area contributed by atoms with Crippen molar-refractivity contribution in [3.63, 3.8) is 0 Å². The number of carbonyl (C=O) groups excluding carboxylic acids is 1. The van der Waals surface area contributed by atoms with Crippen molar-refractivity contribution in [1.29, 1.82) is 0 Å². The molecule has 0 spiro atoms. The highest BCUT2D eigenvalue weighted by molar-refractivity contribution is 5.76. The van der Waals surface area contributed by atoms with Crippen molar-refractivity contribution in [3.05, 3.63) is 18.0 Å². The largest absolute Gasteiger partial charge is 0.353 e. The lowest BCUT2D eigenvalue weighted by Crippen LogP contribution is -2.45. The van der Waals surface area contributed by atoms with E-state index in [1.54, 1.807) is 4.68 Å². The summed E-state index contributed by atoms with van der Waals surface area (Å²) in [5.41, 5.74) is 1.13. The molecular weight excluding hydrogens is 238 g/mol. The maximum absolute atomic E-state index is 12.0. The smallest absolute Gasteiger partial charge is 0.220 e. The van der Waals surface area contributed by atoms with E-state index < -0.39 is 0 Å². The van der Waals surface area contributed by atoms with Crippen molar-refractivity contribution in [2.24, 2.45) is 18.9 Å². The monoisotopic (exact) mass is 263 g/mol. The Morgan fingerprint density at radius 3 is 2.68 bits per heavy atom. The molecule has 2 atom stereocenters. The van der Waals surface area contributed by atoms with Gasteiger partial charge in [0.1, 0.15) is 0 Å². The molecule has 1 aromatic rings. The second-order valence-corrected chi connectivity index (χ2v) is 6.00. The second-order valence-electron chi connectivity index (χ2n) is 6.00. The van der Waals surface area contributed by atoms with Crippen LogP contribution in [0.15, 0.2) is 12.4 Å². The van der Waals surface area contributed by atoms with Gasteiger partial charge in [-0.15, -0.1) is 0 Å². The molecular formula is C15H25N3O. The van der Waals surface area contributed by atoms with E-state index in [4.69, 9.17) is 0 Å². The fourth-order valence-electron chi connectivity index (χ4n) is 3.08. The fourth-order valence-corrected chi connectivity index (χ4v) is 3.08. The summed E-state index contributed by atoms with van der Waals surface area (Å²) < 4.78 is 1.78. The summed E-state index contributed by atoms with van der Waals surface area (Å²) in [4.78, 5) is 12.0. The lowest BCUT2D eigenvalue weighted by molar-refractivity contribution is -0.122. The summed E-state index contributed by atoms with van der Waals surface area (Å²) in [5.74, 6) is 1.38. The van der Waals surface area contributed by atoms with Gasteiger partial charge < -0.3 is 5.32 Å². The average molecular weight is 263 g/mol. The minimum atomic E-state index is 0.175. The van der Waals surface area contributed by atoms with E-state index in [2.05, 4.69) is 24.3 Å². The molecule has 1 saturated carbocycles. The molecule has 2 unspecified atom stereocenters. The van der Waals surface area contributed by atoms with Gasteiger partial charge in [0.25, 0.3) is 0 Å². The Morgan fingerprint density at radius 1 is 1.42 bits per heavy atom.